The standard InChI is InChI=1S/C21H32N6O/c1-4-27-15(3)20(14(2)25-27)17-12-18(24-23-17)21(28)22-13-16-8-7-11-26-10-6-5-9-19(16)26/h12,16,19H,4-11,13H2,1-3H3,(H,22,28)(H,23,24)/t16-,19+/m1/s1. The third kappa shape index (κ3) is 3.60. The molecule has 0 spiro atoms. The first-order valence-corrected chi connectivity index (χ1v) is 10.7. The maximum Gasteiger partial charge on any atom is 0.269 e. The Morgan fingerprint density at radius 1 is 1.25 bits per heavy atom. The molecule has 2 fully saturated rings. The fraction of sp³-hybridized carbons (Fsp3) is 0.667. The summed E-state index contributed by atoms with van der Waals surface area (Å²) in [5.74, 6) is 0.498. The normalized spacial score (nSPS) is 22.8. The quantitative estimate of drug-likeness (QED) is 0.831. The van der Waals surface area contributed by atoms with Crippen LogP contribution in [0.3, 0.4) is 0 Å². The number of aryl methyl sites for hydroxylation is 2. The molecule has 2 aliphatic heterocycles. The van der Waals surface area contributed by atoms with Crippen molar-refractivity contribution in [2.75, 3.05) is 19.6 Å². The zero-order valence-corrected chi connectivity index (χ0v) is 17.3. The summed E-state index contributed by atoms with van der Waals surface area (Å²) < 4.78 is 1.97. The third-order valence-corrected chi connectivity index (χ3v) is 6.51. The zero-order valence-electron chi connectivity index (χ0n) is 17.3. The van der Waals surface area contributed by atoms with Crippen LogP contribution in [0.2, 0.25) is 0 Å². The molecule has 2 N–H and O–H groups in total. The number of nitrogens with one attached hydrogen (secondary N) is 2. The van der Waals surface area contributed by atoms with Crippen molar-refractivity contribution in [1.29, 1.82) is 0 Å². The van der Waals surface area contributed by atoms with Gasteiger partial charge in [-0.2, -0.15) is 10.2 Å². The number of carbonyl (C=O) groups excluding carboxylic acids is 1. The highest BCUT2D eigenvalue weighted by Crippen LogP contribution is 2.30. The SMILES string of the molecule is CCn1nc(C)c(-c2cc(C(=O)NC[C@H]3CCCN4CCCC[C@@H]34)[nH]n2)c1C. The maximum atomic E-state index is 12.7. The number of piperidine rings is 2. The van der Waals surface area contributed by atoms with Gasteiger partial charge in [0, 0.05) is 30.4 Å². The Labute approximate surface area is 166 Å². The average molecular weight is 385 g/mol. The molecule has 7 heteroatoms. The molecular weight excluding hydrogens is 352 g/mol. The lowest BCUT2D eigenvalue weighted by molar-refractivity contribution is 0.0575. The van der Waals surface area contributed by atoms with Gasteiger partial charge in [0.1, 0.15) is 5.69 Å². The molecular formula is C21H32N6O. The predicted octanol–water partition coefficient (Wildman–Crippen LogP) is 2.90. The molecule has 28 heavy (non-hydrogen) atoms. The van der Waals surface area contributed by atoms with Crippen LogP contribution >= 0.6 is 0 Å². The predicted molar refractivity (Wildman–Crippen MR) is 109 cm³/mol. The number of rotatable bonds is 5. The van der Waals surface area contributed by atoms with Gasteiger partial charge in [-0.3, -0.25) is 14.6 Å². The fourth-order valence-electron chi connectivity index (χ4n) is 5.08. The Bertz CT molecular complexity index is 836. The van der Waals surface area contributed by atoms with Gasteiger partial charge in [0.2, 0.25) is 0 Å². The second-order valence-electron chi connectivity index (χ2n) is 8.24. The van der Waals surface area contributed by atoms with Crippen LogP contribution in [0.5, 0.6) is 0 Å². The molecule has 0 aromatic carbocycles. The largest absolute Gasteiger partial charge is 0.350 e. The van der Waals surface area contributed by atoms with Crippen LogP contribution in [0.4, 0.5) is 0 Å². The van der Waals surface area contributed by atoms with Crippen molar-refractivity contribution in [2.45, 2.75) is 65.5 Å². The highest BCUT2D eigenvalue weighted by atomic mass is 16.1. The first-order valence-electron chi connectivity index (χ1n) is 10.7. The first kappa shape index (κ1) is 19.2. The number of fused-ring (bicyclic) bond motifs is 1. The first-order chi connectivity index (χ1) is 13.6. The summed E-state index contributed by atoms with van der Waals surface area (Å²) in [5.41, 5.74) is 4.35. The molecule has 0 saturated carbocycles. The van der Waals surface area contributed by atoms with E-state index in [4.69, 9.17) is 0 Å². The number of hydrogen-bond acceptors (Lipinski definition) is 4. The van der Waals surface area contributed by atoms with E-state index in [2.05, 4.69) is 32.4 Å². The maximum absolute atomic E-state index is 12.7. The van der Waals surface area contributed by atoms with Crippen molar-refractivity contribution in [1.82, 2.24) is 30.2 Å². The van der Waals surface area contributed by atoms with Gasteiger partial charge in [-0.15, -0.1) is 0 Å². The van der Waals surface area contributed by atoms with Crippen LogP contribution in [0.15, 0.2) is 6.07 Å². The lowest BCUT2D eigenvalue weighted by atomic mass is 9.83. The van der Waals surface area contributed by atoms with Gasteiger partial charge in [0.25, 0.3) is 5.91 Å². The Kier molecular flexibility index (Phi) is 5.53. The molecule has 0 bridgehead atoms. The van der Waals surface area contributed by atoms with Crippen LogP contribution in [0.1, 0.15) is 60.9 Å². The number of H-pyrrole nitrogens is 1. The molecule has 4 heterocycles. The second-order valence-corrected chi connectivity index (χ2v) is 8.24. The minimum absolute atomic E-state index is 0.0649. The summed E-state index contributed by atoms with van der Waals surface area (Å²) in [5, 5.41) is 15.0. The summed E-state index contributed by atoms with van der Waals surface area (Å²) in [4.78, 5) is 15.3. The van der Waals surface area contributed by atoms with Crippen molar-refractivity contribution in [3.63, 3.8) is 0 Å². The summed E-state index contributed by atoms with van der Waals surface area (Å²) in [6.07, 6.45) is 6.36. The number of nitrogens with zero attached hydrogens (tertiary/aromatic N) is 4. The zero-order chi connectivity index (χ0) is 19.7. The van der Waals surface area contributed by atoms with E-state index < -0.39 is 0 Å². The van der Waals surface area contributed by atoms with Crippen LogP contribution in [0, 0.1) is 19.8 Å². The van der Waals surface area contributed by atoms with Gasteiger partial charge in [-0.1, -0.05) is 6.42 Å². The smallest absolute Gasteiger partial charge is 0.269 e. The van der Waals surface area contributed by atoms with E-state index in [1.807, 2.05) is 24.6 Å². The molecule has 2 aliphatic rings. The second kappa shape index (κ2) is 8.07. The van der Waals surface area contributed by atoms with E-state index in [0.29, 0.717) is 17.7 Å². The molecule has 152 valence electrons. The third-order valence-electron chi connectivity index (χ3n) is 6.51. The van der Waals surface area contributed by atoms with E-state index in [-0.39, 0.29) is 5.91 Å². The molecule has 2 aromatic heterocycles. The minimum Gasteiger partial charge on any atom is -0.350 e. The number of carbonyl (C=O) groups is 1. The number of aromatic nitrogens is 4. The average Bonchev–Trinajstić information content (AvgIpc) is 3.30. The van der Waals surface area contributed by atoms with E-state index in [1.54, 1.807) is 0 Å². The summed E-state index contributed by atoms with van der Waals surface area (Å²) in [7, 11) is 0. The van der Waals surface area contributed by atoms with E-state index >= 15 is 0 Å². The van der Waals surface area contributed by atoms with Crippen LogP contribution in [-0.4, -0.2) is 56.5 Å². The van der Waals surface area contributed by atoms with Gasteiger partial charge < -0.3 is 10.2 Å². The Balaban J connectivity index is 1.42. The monoisotopic (exact) mass is 384 g/mol. The minimum atomic E-state index is -0.0649. The van der Waals surface area contributed by atoms with Gasteiger partial charge >= 0.3 is 0 Å². The number of aromatic amines is 1. The highest BCUT2D eigenvalue weighted by Gasteiger charge is 2.33. The van der Waals surface area contributed by atoms with Gasteiger partial charge in [-0.25, -0.2) is 0 Å². The number of hydrogen-bond donors (Lipinski definition) is 2. The summed E-state index contributed by atoms with van der Waals surface area (Å²) in [6, 6.07) is 2.49. The van der Waals surface area contributed by atoms with Crippen molar-refractivity contribution in [3.05, 3.63) is 23.1 Å². The summed E-state index contributed by atoms with van der Waals surface area (Å²) >= 11 is 0. The topological polar surface area (TPSA) is 78.8 Å². The van der Waals surface area contributed by atoms with Gasteiger partial charge in [0.15, 0.2) is 0 Å². The lowest BCUT2D eigenvalue weighted by Crippen LogP contribution is -2.51. The van der Waals surface area contributed by atoms with Gasteiger partial charge in [0.05, 0.1) is 11.4 Å². The van der Waals surface area contributed by atoms with Crippen molar-refractivity contribution in [2.24, 2.45) is 5.92 Å². The van der Waals surface area contributed by atoms with Gasteiger partial charge in [-0.05, 0) is 71.5 Å². The van der Waals surface area contributed by atoms with Crippen molar-refractivity contribution < 1.29 is 4.79 Å². The number of amides is 1. The van der Waals surface area contributed by atoms with E-state index in [0.717, 1.165) is 35.7 Å². The lowest BCUT2D eigenvalue weighted by Gasteiger charge is -2.44. The fourth-order valence-corrected chi connectivity index (χ4v) is 5.08. The molecule has 0 unspecified atom stereocenters. The highest BCUT2D eigenvalue weighted by molar-refractivity contribution is 5.93. The molecule has 7 nitrogen and oxygen atoms in total. The van der Waals surface area contributed by atoms with Crippen molar-refractivity contribution in [3.8, 4) is 11.3 Å². The summed E-state index contributed by atoms with van der Waals surface area (Å²) in [6.45, 7) is 10.1. The molecule has 1 amide bonds. The molecule has 0 aliphatic carbocycles. The molecule has 4 rings (SSSR count). The Morgan fingerprint density at radius 3 is 2.86 bits per heavy atom. The van der Waals surface area contributed by atoms with E-state index in [1.165, 1.54) is 45.2 Å². The molecule has 2 saturated heterocycles. The van der Waals surface area contributed by atoms with Crippen molar-refractivity contribution >= 4 is 5.91 Å². The van der Waals surface area contributed by atoms with Crippen LogP contribution in [-0.2, 0) is 6.54 Å². The molecule has 2 atom stereocenters. The van der Waals surface area contributed by atoms with E-state index in [9.17, 15) is 4.79 Å². The Morgan fingerprint density at radius 2 is 2.07 bits per heavy atom. The Hall–Kier alpha value is -2.15. The molecule has 0 radical (unpaired) electrons. The molecule has 2 aromatic rings. The van der Waals surface area contributed by atoms with Crippen LogP contribution in [0.25, 0.3) is 11.3 Å². The van der Waals surface area contributed by atoms with Crippen LogP contribution < -0.4 is 5.32 Å².